The lowest BCUT2D eigenvalue weighted by Gasteiger charge is -2.33. The Hall–Kier alpha value is -3.69. The number of nitrogens with zero attached hydrogens (tertiary/aromatic N) is 2. The third-order valence-electron chi connectivity index (χ3n) is 5.93. The van der Waals surface area contributed by atoms with E-state index in [-0.39, 0.29) is 24.4 Å². The van der Waals surface area contributed by atoms with Gasteiger partial charge in [0, 0.05) is 36.5 Å². The number of amides is 2. The van der Waals surface area contributed by atoms with Gasteiger partial charge in [0.1, 0.15) is 5.82 Å². The van der Waals surface area contributed by atoms with Crippen LogP contribution in [0.3, 0.4) is 0 Å². The van der Waals surface area contributed by atoms with Crippen LogP contribution >= 0.6 is 0 Å². The molecule has 0 spiro atoms. The number of hydrogen-bond donors (Lipinski definition) is 2. The molecule has 172 valence electrons. The van der Waals surface area contributed by atoms with Gasteiger partial charge in [-0.3, -0.25) is 14.7 Å². The molecule has 6 nitrogen and oxygen atoms in total. The van der Waals surface area contributed by atoms with Crippen molar-refractivity contribution in [3.63, 3.8) is 0 Å². The maximum atomic E-state index is 14.4. The predicted octanol–water partition coefficient (Wildman–Crippen LogP) is 4.97. The molecule has 0 saturated heterocycles. The number of aromatic nitrogens is 2. The van der Waals surface area contributed by atoms with Crippen molar-refractivity contribution in [3.8, 4) is 0 Å². The van der Waals surface area contributed by atoms with Crippen molar-refractivity contribution in [1.29, 1.82) is 0 Å². The van der Waals surface area contributed by atoms with Gasteiger partial charge < -0.3 is 10.2 Å². The van der Waals surface area contributed by atoms with Crippen LogP contribution in [0.1, 0.15) is 36.8 Å². The molecule has 2 amide bonds. The van der Waals surface area contributed by atoms with E-state index in [9.17, 15) is 27.2 Å². The maximum Gasteiger partial charge on any atom is 0.416 e. The number of carbonyl (C=O) groups is 2. The second-order valence-electron chi connectivity index (χ2n) is 7.95. The fraction of sp³-hybridized carbons (Fsp3) is 0.261. The summed E-state index contributed by atoms with van der Waals surface area (Å²) in [5.41, 5.74) is 1.29. The molecule has 1 aliphatic heterocycles. The Morgan fingerprint density at radius 2 is 1.94 bits per heavy atom. The zero-order chi connectivity index (χ0) is 23.9. The van der Waals surface area contributed by atoms with Crippen molar-refractivity contribution < 1.29 is 27.2 Å². The van der Waals surface area contributed by atoms with E-state index in [1.54, 1.807) is 14.0 Å². The van der Waals surface area contributed by atoms with Crippen LogP contribution in [0, 0.1) is 5.82 Å². The molecule has 2 N–H and O–H groups in total. The van der Waals surface area contributed by atoms with Crippen molar-refractivity contribution in [2.75, 3.05) is 12.4 Å². The fourth-order valence-corrected chi connectivity index (χ4v) is 3.99. The Labute approximate surface area is 186 Å². The van der Waals surface area contributed by atoms with Gasteiger partial charge in [0.15, 0.2) is 0 Å². The van der Waals surface area contributed by atoms with E-state index in [0.29, 0.717) is 27.7 Å². The fourth-order valence-electron chi connectivity index (χ4n) is 3.99. The van der Waals surface area contributed by atoms with Gasteiger partial charge in [-0.25, -0.2) is 4.39 Å². The summed E-state index contributed by atoms with van der Waals surface area (Å²) in [4.78, 5) is 26.7. The standard InChI is InChI=1S/C23H20F4N4O2/c1-12-16(8-21(32)29-20-7-14-11-28-30-19(14)10-18(20)24)17(9-22(33)31(12)2)13-3-5-15(6-4-13)23(25,26)27/h3-7,10-11,17H,8-9H2,1-2H3,(H,28,30)(H,29,32). The largest absolute Gasteiger partial charge is 0.416 e. The molecule has 0 fully saturated rings. The third-order valence-corrected chi connectivity index (χ3v) is 5.93. The average Bonchev–Trinajstić information content (AvgIpc) is 3.20. The minimum absolute atomic E-state index is 0.0111. The molecular weight excluding hydrogens is 440 g/mol. The maximum absolute atomic E-state index is 14.4. The monoisotopic (exact) mass is 460 g/mol. The van der Waals surface area contributed by atoms with E-state index < -0.39 is 29.4 Å². The molecule has 0 bridgehead atoms. The van der Waals surface area contributed by atoms with Gasteiger partial charge in [-0.2, -0.15) is 18.3 Å². The number of fused-ring (bicyclic) bond motifs is 1. The van der Waals surface area contributed by atoms with Gasteiger partial charge in [-0.05, 0) is 36.3 Å². The molecule has 1 unspecified atom stereocenters. The van der Waals surface area contributed by atoms with Gasteiger partial charge in [0.2, 0.25) is 11.8 Å². The number of nitrogens with one attached hydrogen (secondary N) is 2. The summed E-state index contributed by atoms with van der Waals surface area (Å²) in [7, 11) is 1.57. The summed E-state index contributed by atoms with van der Waals surface area (Å²) in [5.74, 6) is -1.92. The minimum Gasteiger partial charge on any atom is -0.323 e. The van der Waals surface area contributed by atoms with E-state index in [1.165, 1.54) is 35.4 Å². The minimum atomic E-state index is -4.48. The molecule has 0 aliphatic carbocycles. The lowest BCUT2D eigenvalue weighted by molar-refractivity contribution is -0.137. The number of halogens is 4. The number of anilines is 1. The SMILES string of the molecule is CC1=C(CC(=O)Nc2cc3cn[nH]c3cc2F)C(c2ccc(C(F)(F)F)cc2)CC(=O)N1C. The van der Waals surface area contributed by atoms with Crippen LogP contribution in [0.4, 0.5) is 23.2 Å². The van der Waals surface area contributed by atoms with E-state index in [0.717, 1.165) is 12.1 Å². The number of H-pyrrole nitrogens is 1. The summed E-state index contributed by atoms with van der Waals surface area (Å²) in [6.45, 7) is 1.68. The van der Waals surface area contributed by atoms with Crippen molar-refractivity contribution in [2.24, 2.45) is 0 Å². The number of alkyl halides is 3. The average molecular weight is 460 g/mol. The van der Waals surface area contributed by atoms with Crippen molar-refractivity contribution >= 4 is 28.4 Å². The molecule has 1 aromatic heterocycles. The predicted molar refractivity (Wildman–Crippen MR) is 114 cm³/mol. The Balaban J connectivity index is 1.61. The molecule has 2 heterocycles. The van der Waals surface area contributed by atoms with Crippen molar-refractivity contribution in [3.05, 3.63) is 70.8 Å². The van der Waals surface area contributed by atoms with Gasteiger partial charge in [0.25, 0.3) is 0 Å². The number of aromatic amines is 1. The molecule has 1 aliphatic rings. The lowest BCUT2D eigenvalue weighted by atomic mass is 9.82. The van der Waals surface area contributed by atoms with Crippen LogP contribution < -0.4 is 5.32 Å². The smallest absolute Gasteiger partial charge is 0.323 e. The Morgan fingerprint density at radius 1 is 1.24 bits per heavy atom. The summed E-state index contributed by atoms with van der Waals surface area (Å²) in [5, 5.41) is 9.63. The van der Waals surface area contributed by atoms with E-state index >= 15 is 0 Å². The number of rotatable bonds is 4. The molecule has 2 aromatic carbocycles. The van der Waals surface area contributed by atoms with Crippen molar-refractivity contribution in [2.45, 2.75) is 31.9 Å². The highest BCUT2D eigenvalue weighted by Crippen LogP contribution is 2.39. The topological polar surface area (TPSA) is 78.1 Å². The molecule has 1 atom stereocenters. The first-order chi connectivity index (χ1) is 15.5. The highest BCUT2D eigenvalue weighted by atomic mass is 19.4. The van der Waals surface area contributed by atoms with Crippen molar-refractivity contribution in [1.82, 2.24) is 15.1 Å². The van der Waals surface area contributed by atoms with Crippen LogP contribution in [0.5, 0.6) is 0 Å². The van der Waals surface area contributed by atoms with E-state index in [2.05, 4.69) is 15.5 Å². The first kappa shape index (κ1) is 22.5. The molecular formula is C23H20F4N4O2. The molecule has 0 saturated carbocycles. The second kappa shape index (κ2) is 8.34. The summed E-state index contributed by atoms with van der Waals surface area (Å²) < 4.78 is 53.2. The molecule has 0 radical (unpaired) electrons. The molecule has 10 heteroatoms. The zero-order valence-corrected chi connectivity index (χ0v) is 17.8. The van der Waals surface area contributed by atoms with Crippen LogP contribution in [0.2, 0.25) is 0 Å². The zero-order valence-electron chi connectivity index (χ0n) is 17.8. The third kappa shape index (κ3) is 4.46. The summed E-state index contributed by atoms with van der Waals surface area (Å²) in [6, 6.07) is 7.24. The molecule has 3 aromatic rings. The highest BCUT2D eigenvalue weighted by molar-refractivity contribution is 5.95. The molecule has 33 heavy (non-hydrogen) atoms. The Bertz CT molecular complexity index is 1260. The number of carbonyl (C=O) groups excluding carboxylic acids is 2. The van der Waals surface area contributed by atoms with Gasteiger partial charge in [-0.1, -0.05) is 12.1 Å². The highest BCUT2D eigenvalue weighted by Gasteiger charge is 2.34. The first-order valence-corrected chi connectivity index (χ1v) is 10.1. The number of allylic oxidation sites excluding steroid dienone is 1. The second-order valence-corrected chi connectivity index (χ2v) is 7.95. The van der Waals surface area contributed by atoms with E-state index in [4.69, 9.17) is 0 Å². The van der Waals surface area contributed by atoms with E-state index in [1.807, 2.05) is 0 Å². The normalized spacial score (nSPS) is 17.1. The lowest BCUT2D eigenvalue weighted by Crippen LogP contribution is -2.34. The summed E-state index contributed by atoms with van der Waals surface area (Å²) >= 11 is 0. The first-order valence-electron chi connectivity index (χ1n) is 10.1. The van der Waals surface area contributed by atoms with Gasteiger partial charge in [0.05, 0.1) is 29.4 Å². The van der Waals surface area contributed by atoms with Crippen LogP contribution in [0.25, 0.3) is 10.9 Å². The Morgan fingerprint density at radius 3 is 2.61 bits per heavy atom. The molecule has 4 rings (SSSR count). The quantitative estimate of drug-likeness (QED) is 0.540. The number of benzene rings is 2. The Kier molecular flexibility index (Phi) is 5.69. The number of hydrogen-bond acceptors (Lipinski definition) is 3. The van der Waals surface area contributed by atoms with Gasteiger partial charge in [-0.15, -0.1) is 0 Å². The van der Waals surface area contributed by atoms with Crippen LogP contribution in [-0.4, -0.2) is 34.0 Å². The van der Waals surface area contributed by atoms with Crippen LogP contribution in [-0.2, 0) is 15.8 Å². The van der Waals surface area contributed by atoms with Crippen LogP contribution in [0.15, 0.2) is 53.9 Å². The summed E-state index contributed by atoms with van der Waals surface area (Å²) in [6.07, 6.45) is -3.12. The van der Waals surface area contributed by atoms with Gasteiger partial charge >= 0.3 is 6.18 Å².